The largest absolute Gasteiger partial charge is 0.479 e. The van der Waals surface area contributed by atoms with E-state index in [1.807, 2.05) is 0 Å². The number of piperidine rings is 1. The maximum absolute atomic E-state index is 12.3. The average molecular weight is 305 g/mol. The van der Waals surface area contributed by atoms with Gasteiger partial charge in [-0.1, -0.05) is 6.07 Å². The SMILES string of the molecule is COC1(C(=O)O)CCN(S(=O)(=O)c2cccs2)CC1. The Morgan fingerprint density at radius 3 is 2.53 bits per heavy atom. The van der Waals surface area contributed by atoms with Gasteiger partial charge in [0.1, 0.15) is 4.21 Å². The fourth-order valence-corrected chi connectivity index (χ4v) is 4.72. The summed E-state index contributed by atoms with van der Waals surface area (Å²) in [6.07, 6.45) is 0.312. The lowest BCUT2D eigenvalue weighted by Gasteiger charge is -2.36. The molecule has 0 radical (unpaired) electrons. The molecule has 19 heavy (non-hydrogen) atoms. The first-order valence-electron chi connectivity index (χ1n) is 5.74. The van der Waals surface area contributed by atoms with Crippen molar-refractivity contribution in [3.05, 3.63) is 17.5 Å². The monoisotopic (exact) mass is 305 g/mol. The molecule has 0 bridgehead atoms. The Hall–Kier alpha value is -0.960. The Bertz CT molecular complexity index is 544. The van der Waals surface area contributed by atoms with Crippen LogP contribution in [0.1, 0.15) is 12.8 Å². The number of hydrogen-bond acceptors (Lipinski definition) is 5. The fraction of sp³-hybridized carbons (Fsp3) is 0.545. The Kier molecular flexibility index (Phi) is 3.95. The third-order valence-corrected chi connectivity index (χ3v) is 6.67. The highest BCUT2D eigenvalue weighted by molar-refractivity contribution is 7.91. The predicted octanol–water partition coefficient (Wildman–Crippen LogP) is 1.00. The van der Waals surface area contributed by atoms with Gasteiger partial charge in [0.2, 0.25) is 0 Å². The lowest BCUT2D eigenvalue weighted by Crippen LogP contribution is -2.51. The minimum absolute atomic E-state index is 0.153. The minimum atomic E-state index is -3.50. The van der Waals surface area contributed by atoms with Gasteiger partial charge in [-0.3, -0.25) is 0 Å². The van der Waals surface area contributed by atoms with Crippen LogP contribution in [0.5, 0.6) is 0 Å². The van der Waals surface area contributed by atoms with Gasteiger partial charge in [-0.2, -0.15) is 4.31 Å². The normalized spacial score (nSPS) is 20.3. The van der Waals surface area contributed by atoms with E-state index in [-0.39, 0.29) is 30.1 Å². The maximum Gasteiger partial charge on any atom is 0.336 e. The van der Waals surface area contributed by atoms with E-state index in [0.717, 1.165) is 11.3 Å². The first-order valence-corrected chi connectivity index (χ1v) is 8.06. The van der Waals surface area contributed by atoms with Gasteiger partial charge in [0.25, 0.3) is 10.0 Å². The van der Waals surface area contributed by atoms with Gasteiger partial charge >= 0.3 is 5.97 Å². The number of carboxylic acids is 1. The van der Waals surface area contributed by atoms with Gasteiger partial charge < -0.3 is 9.84 Å². The molecule has 1 aromatic heterocycles. The van der Waals surface area contributed by atoms with Crippen molar-refractivity contribution in [3.63, 3.8) is 0 Å². The zero-order valence-electron chi connectivity index (χ0n) is 10.4. The molecule has 1 aromatic rings. The number of thiophene rings is 1. The van der Waals surface area contributed by atoms with E-state index in [1.54, 1.807) is 17.5 Å². The number of carbonyl (C=O) groups is 1. The number of nitrogens with zero attached hydrogens (tertiary/aromatic N) is 1. The first-order chi connectivity index (χ1) is 8.92. The van der Waals surface area contributed by atoms with Crippen LogP contribution in [0.3, 0.4) is 0 Å². The summed E-state index contributed by atoms with van der Waals surface area (Å²) < 4.78 is 31.2. The Morgan fingerprint density at radius 2 is 2.11 bits per heavy atom. The van der Waals surface area contributed by atoms with E-state index in [1.165, 1.54) is 11.4 Å². The van der Waals surface area contributed by atoms with Crippen molar-refractivity contribution in [2.75, 3.05) is 20.2 Å². The molecule has 0 spiro atoms. The molecule has 1 saturated heterocycles. The maximum atomic E-state index is 12.3. The van der Waals surface area contributed by atoms with E-state index in [4.69, 9.17) is 4.74 Å². The number of carboxylic acid groups (broad SMARTS) is 1. The highest BCUT2D eigenvalue weighted by Crippen LogP contribution is 2.30. The van der Waals surface area contributed by atoms with Crippen LogP contribution in [0.15, 0.2) is 21.7 Å². The van der Waals surface area contributed by atoms with Crippen LogP contribution in [0.4, 0.5) is 0 Å². The summed E-state index contributed by atoms with van der Waals surface area (Å²) in [5.41, 5.74) is -1.26. The Morgan fingerprint density at radius 1 is 1.47 bits per heavy atom. The summed E-state index contributed by atoms with van der Waals surface area (Å²) in [5, 5.41) is 10.9. The molecular weight excluding hydrogens is 290 g/mol. The minimum Gasteiger partial charge on any atom is -0.479 e. The standard InChI is InChI=1S/C11H15NO5S2/c1-17-11(10(13)14)4-6-12(7-5-11)19(15,16)9-3-2-8-18-9/h2-3,8H,4-7H2,1H3,(H,13,14). The molecule has 2 rings (SSSR count). The van der Waals surface area contributed by atoms with Crippen LogP contribution < -0.4 is 0 Å². The smallest absolute Gasteiger partial charge is 0.336 e. The Labute approximate surface area is 115 Å². The third-order valence-electron chi connectivity index (χ3n) is 3.40. The number of methoxy groups -OCH3 is 1. The summed E-state index contributed by atoms with van der Waals surface area (Å²) in [7, 11) is -2.15. The van der Waals surface area contributed by atoms with Gasteiger partial charge in [0.05, 0.1) is 0 Å². The molecule has 0 amide bonds. The zero-order valence-corrected chi connectivity index (χ0v) is 12.0. The lowest BCUT2D eigenvalue weighted by molar-refractivity contribution is -0.166. The molecule has 0 aliphatic carbocycles. The van der Waals surface area contributed by atoms with Crippen LogP contribution >= 0.6 is 11.3 Å². The lowest BCUT2D eigenvalue weighted by atomic mass is 9.92. The van der Waals surface area contributed by atoms with Crippen molar-refractivity contribution < 1.29 is 23.1 Å². The van der Waals surface area contributed by atoms with E-state index >= 15 is 0 Å². The van der Waals surface area contributed by atoms with Crippen molar-refractivity contribution >= 4 is 27.3 Å². The molecule has 0 unspecified atom stereocenters. The van der Waals surface area contributed by atoms with Crippen molar-refractivity contribution in [1.82, 2.24) is 4.31 Å². The average Bonchev–Trinajstić information content (AvgIpc) is 2.93. The second kappa shape index (κ2) is 5.20. The fourth-order valence-electron chi connectivity index (χ4n) is 2.13. The molecule has 1 aliphatic rings. The number of aliphatic carboxylic acids is 1. The molecule has 1 aliphatic heterocycles. The van der Waals surface area contributed by atoms with E-state index in [9.17, 15) is 18.3 Å². The molecule has 2 heterocycles. The van der Waals surface area contributed by atoms with Crippen LogP contribution in [0, 0.1) is 0 Å². The van der Waals surface area contributed by atoms with Crippen LogP contribution in [-0.4, -0.2) is 49.6 Å². The van der Waals surface area contributed by atoms with E-state index in [0.29, 0.717) is 0 Å². The van der Waals surface area contributed by atoms with Crippen LogP contribution in [0.25, 0.3) is 0 Å². The summed E-state index contributed by atoms with van der Waals surface area (Å²) in [6.45, 7) is 0.306. The molecule has 0 saturated carbocycles. The molecule has 6 nitrogen and oxygen atoms in total. The number of rotatable bonds is 4. The molecule has 1 fully saturated rings. The van der Waals surface area contributed by atoms with Crippen molar-refractivity contribution in [1.29, 1.82) is 0 Å². The van der Waals surface area contributed by atoms with Gasteiger partial charge in [0, 0.05) is 33.0 Å². The molecule has 8 heteroatoms. The molecular formula is C11H15NO5S2. The second-order valence-corrected chi connectivity index (χ2v) is 7.45. The quantitative estimate of drug-likeness (QED) is 0.897. The summed E-state index contributed by atoms with van der Waals surface area (Å²) in [6, 6.07) is 3.23. The molecule has 1 N–H and O–H groups in total. The molecule has 0 atom stereocenters. The van der Waals surface area contributed by atoms with Crippen molar-refractivity contribution in [3.8, 4) is 0 Å². The third kappa shape index (κ3) is 2.53. The molecule has 0 aromatic carbocycles. The molecule has 106 valence electrons. The van der Waals surface area contributed by atoms with Crippen molar-refractivity contribution in [2.45, 2.75) is 22.7 Å². The first kappa shape index (κ1) is 14.4. The van der Waals surface area contributed by atoms with E-state index in [2.05, 4.69) is 0 Å². The topological polar surface area (TPSA) is 83.9 Å². The van der Waals surface area contributed by atoms with Crippen LogP contribution in [0.2, 0.25) is 0 Å². The predicted molar refractivity (Wildman–Crippen MR) is 69.7 cm³/mol. The van der Waals surface area contributed by atoms with E-state index < -0.39 is 21.6 Å². The number of ether oxygens (including phenoxy) is 1. The number of hydrogen-bond donors (Lipinski definition) is 1. The highest BCUT2D eigenvalue weighted by Gasteiger charge is 2.44. The Balaban J connectivity index is 2.15. The van der Waals surface area contributed by atoms with Crippen molar-refractivity contribution in [2.24, 2.45) is 0 Å². The summed E-state index contributed by atoms with van der Waals surface area (Å²) in [5.74, 6) is -1.04. The highest BCUT2D eigenvalue weighted by atomic mass is 32.2. The van der Waals surface area contributed by atoms with Gasteiger partial charge in [-0.25, -0.2) is 13.2 Å². The van der Waals surface area contributed by atoms with Gasteiger partial charge in [-0.15, -0.1) is 11.3 Å². The summed E-state index contributed by atoms with van der Waals surface area (Å²) in [4.78, 5) is 11.2. The zero-order chi connectivity index (χ0) is 14.1. The second-order valence-electron chi connectivity index (χ2n) is 4.34. The van der Waals surface area contributed by atoms with Gasteiger partial charge in [0.15, 0.2) is 5.60 Å². The van der Waals surface area contributed by atoms with Gasteiger partial charge in [-0.05, 0) is 11.4 Å². The van der Waals surface area contributed by atoms with Crippen LogP contribution in [-0.2, 0) is 19.6 Å². The number of sulfonamides is 1. The summed E-state index contributed by atoms with van der Waals surface area (Å²) >= 11 is 1.16.